The number of rotatable bonds is 1. The first-order valence-corrected chi connectivity index (χ1v) is 3.45. The molecule has 1 unspecified atom stereocenters. The second-order valence-electron chi connectivity index (χ2n) is 1.95. The number of hydrogen-bond donors (Lipinski definition) is 1. The zero-order valence-electron chi connectivity index (χ0n) is 5.54. The molecule has 2 N–H and O–H groups in total. The van der Waals surface area contributed by atoms with Gasteiger partial charge in [0.05, 0.1) is 0 Å². The molecule has 1 aromatic rings. The molecule has 0 amide bonds. The lowest BCUT2D eigenvalue weighted by Crippen LogP contribution is -1.99. The summed E-state index contributed by atoms with van der Waals surface area (Å²) < 4.78 is 0. The van der Waals surface area contributed by atoms with Crippen molar-refractivity contribution in [1.29, 1.82) is 0 Å². The Morgan fingerprint density at radius 1 is 1.70 bits per heavy atom. The van der Waals surface area contributed by atoms with E-state index in [1.54, 1.807) is 12.3 Å². The van der Waals surface area contributed by atoms with Crippen LogP contribution in [0.15, 0.2) is 18.8 Å². The van der Waals surface area contributed by atoms with Crippen LogP contribution in [0.3, 0.4) is 0 Å². The quantitative estimate of drug-likeness (QED) is 0.605. The van der Waals surface area contributed by atoms with Crippen molar-refractivity contribution < 1.29 is 0 Å². The molecule has 2 nitrogen and oxygen atoms in total. The Kier molecular flexibility index (Phi) is 2.03. The third-order valence-electron chi connectivity index (χ3n) is 1.19. The number of hydrogen-bond acceptors (Lipinski definition) is 2. The van der Waals surface area contributed by atoms with Crippen molar-refractivity contribution in [3.63, 3.8) is 0 Å². The maximum atomic E-state index is 5.51. The van der Waals surface area contributed by atoms with E-state index in [1.165, 1.54) is 0 Å². The van der Waals surface area contributed by atoms with Crippen molar-refractivity contribution in [3.8, 4) is 0 Å². The van der Waals surface area contributed by atoms with Gasteiger partial charge in [0.2, 0.25) is 0 Å². The Morgan fingerprint density at radius 2 is 2.40 bits per heavy atom. The van der Waals surface area contributed by atoms with Crippen LogP contribution in [0.2, 0.25) is 0 Å². The second-order valence-corrected chi connectivity index (χ2v) is 2.61. The molecule has 0 aliphatic carbocycles. The molecule has 1 heterocycles. The summed E-state index contributed by atoms with van der Waals surface area (Å²) in [6.45, 7) is 3.60. The number of pyridine rings is 1. The fourth-order valence-electron chi connectivity index (χ4n) is 0.673. The highest BCUT2D eigenvalue weighted by atomic mass is 31.0. The van der Waals surface area contributed by atoms with Crippen molar-refractivity contribution in [2.75, 3.05) is 5.73 Å². The van der Waals surface area contributed by atoms with Gasteiger partial charge in [0.1, 0.15) is 5.82 Å². The maximum Gasteiger partial charge on any atom is 0.130 e. The van der Waals surface area contributed by atoms with Gasteiger partial charge in [-0.2, -0.15) is 0 Å². The Balaban J connectivity index is 3.21. The fourth-order valence-corrected chi connectivity index (χ4v) is 0.927. The van der Waals surface area contributed by atoms with E-state index >= 15 is 0 Å². The van der Waals surface area contributed by atoms with E-state index in [1.807, 2.05) is 6.07 Å². The van der Waals surface area contributed by atoms with Gasteiger partial charge in [-0.1, -0.05) is 12.7 Å². The molecule has 1 atom stereocenters. The number of anilines is 1. The van der Waals surface area contributed by atoms with Gasteiger partial charge in [0, 0.05) is 11.8 Å². The van der Waals surface area contributed by atoms with Gasteiger partial charge < -0.3 is 5.73 Å². The van der Waals surface area contributed by atoms with Crippen LogP contribution < -0.4 is 11.0 Å². The minimum Gasteiger partial charge on any atom is -0.383 e. The highest BCUT2D eigenvalue weighted by Gasteiger charge is 1.93. The van der Waals surface area contributed by atoms with E-state index in [9.17, 15) is 0 Å². The van der Waals surface area contributed by atoms with Crippen LogP contribution in [0.4, 0.5) is 5.82 Å². The summed E-state index contributed by atoms with van der Waals surface area (Å²) in [6, 6.07) is 1.92. The zero-order valence-corrected chi connectivity index (χ0v) is 6.70. The lowest BCUT2D eigenvalue weighted by atomic mass is 10.2. The fraction of sp³-hybridized carbons (Fsp3) is 0. The SMILES string of the molecule is C=Cc1cc(P)cnc1N. The van der Waals surface area contributed by atoms with E-state index in [0.29, 0.717) is 5.82 Å². The van der Waals surface area contributed by atoms with Gasteiger partial charge in [0.15, 0.2) is 0 Å². The summed E-state index contributed by atoms with van der Waals surface area (Å²) in [5.74, 6) is 0.529. The minimum absolute atomic E-state index is 0.529. The van der Waals surface area contributed by atoms with E-state index in [-0.39, 0.29) is 0 Å². The summed E-state index contributed by atoms with van der Waals surface area (Å²) in [5.41, 5.74) is 6.39. The highest BCUT2D eigenvalue weighted by Crippen LogP contribution is 2.07. The molecule has 0 saturated carbocycles. The average molecular weight is 152 g/mol. The first-order chi connectivity index (χ1) is 4.74. The second kappa shape index (κ2) is 2.80. The van der Waals surface area contributed by atoms with E-state index in [2.05, 4.69) is 20.8 Å². The normalized spacial score (nSPS) is 9.30. The molecule has 0 aromatic carbocycles. The van der Waals surface area contributed by atoms with Gasteiger partial charge in [-0.05, 0) is 11.4 Å². The highest BCUT2D eigenvalue weighted by molar-refractivity contribution is 7.27. The van der Waals surface area contributed by atoms with Crippen LogP contribution in [0.25, 0.3) is 6.08 Å². The van der Waals surface area contributed by atoms with Gasteiger partial charge in [0.25, 0.3) is 0 Å². The third-order valence-corrected chi connectivity index (χ3v) is 1.51. The van der Waals surface area contributed by atoms with Crippen LogP contribution in [-0.2, 0) is 0 Å². The van der Waals surface area contributed by atoms with Crippen LogP contribution in [0.5, 0.6) is 0 Å². The molecule has 52 valence electrons. The Labute approximate surface area is 62.4 Å². The molecule has 1 aromatic heterocycles. The van der Waals surface area contributed by atoms with Gasteiger partial charge >= 0.3 is 0 Å². The number of aromatic nitrogens is 1. The summed E-state index contributed by atoms with van der Waals surface area (Å²) in [4.78, 5) is 3.94. The van der Waals surface area contributed by atoms with Crippen molar-refractivity contribution in [3.05, 3.63) is 24.4 Å². The summed E-state index contributed by atoms with van der Waals surface area (Å²) in [6.07, 6.45) is 3.39. The third kappa shape index (κ3) is 1.34. The van der Waals surface area contributed by atoms with Gasteiger partial charge in [-0.3, -0.25) is 0 Å². The van der Waals surface area contributed by atoms with Crippen molar-refractivity contribution in [1.82, 2.24) is 4.98 Å². The van der Waals surface area contributed by atoms with Crippen molar-refractivity contribution in [2.24, 2.45) is 0 Å². The molecular formula is C7H9N2P. The summed E-state index contributed by atoms with van der Waals surface area (Å²) in [7, 11) is 2.55. The molecule has 0 bridgehead atoms. The Bertz CT molecular complexity index is 258. The molecule has 10 heavy (non-hydrogen) atoms. The molecule has 0 aliphatic rings. The number of nitrogen functional groups attached to an aromatic ring is 1. The largest absolute Gasteiger partial charge is 0.383 e. The first-order valence-electron chi connectivity index (χ1n) is 2.87. The van der Waals surface area contributed by atoms with E-state index in [4.69, 9.17) is 5.73 Å². The minimum atomic E-state index is 0.529. The maximum absolute atomic E-state index is 5.51. The molecular weight excluding hydrogens is 143 g/mol. The van der Waals surface area contributed by atoms with Crippen molar-refractivity contribution in [2.45, 2.75) is 0 Å². The molecule has 3 heteroatoms. The van der Waals surface area contributed by atoms with E-state index in [0.717, 1.165) is 10.9 Å². The molecule has 0 radical (unpaired) electrons. The predicted molar refractivity (Wildman–Crippen MR) is 48.1 cm³/mol. The smallest absolute Gasteiger partial charge is 0.130 e. The standard InChI is InChI=1S/C7H9N2P/c1-2-5-3-6(10)4-9-7(5)8/h2-4H,1,10H2,(H2,8,9). The van der Waals surface area contributed by atoms with E-state index < -0.39 is 0 Å². The zero-order chi connectivity index (χ0) is 7.56. The van der Waals surface area contributed by atoms with Gasteiger partial charge in [-0.15, -0.1) is 9.24 Å². The molecule has 1 rings (SSSR count). The van der Waals surface area contributed by atoms with Crippen LogP contribution in [0, 0.1) is 0 Å². The van der Waals surface area contributed by atoms with Crippen LogP contribution >= 0.6 is 9.24 Å². The average Bonchev–Trinajstić information content (AvgIpc) is 1.94. The lowest BCUT2D eigenvalue weighted by molar-refractivity contribution is 1.35. The number of nitrogens with two attached hydrogens (primary N) is 1. The van der Waals surface area contributed by atoms with Crippen LogP contribution in [0.1, 0.15) is 5.56 Å². The Morgan fingerprint density at radius 3 is 2.90 bits per heavy atom. The topological polar surface area (TPSA) is 38.9 Å². The lowest BCUT2D eigenvalue weighted by Gasteiger charge is -1.98. The molecule has 0 aliphatic heterocycles. The Hall–Kier alpha value is -0.880. The number of nitrogens with zero attached hydrogens (tertiary/aromatic N) is 1. The van der Waals surface area contributed by atoms with Crippen molar-refractivity contribution >= 4 is 26.4 Å². The molecule has 0 saturated heterocycles. The molecule has 0 fully saturated rings. The summed E-state index contributed by atoms with van der Waals surface area (Å²) in [5, 5.41) is 1.02. The van der Waals surface area contributed by atoms with Gasteiger partial charge in [-0.25, -0.2) is 4.98 Å². The first kappa shape index (κ1) is 7.23. The summed E-state index contributed by atoms with van der Waals surface area (Å²) >= 11 is 0. The monoisotopic (exact) mass is 152 g/mol. The predicted octanol–water partition coefficient (Wildman–Crippen LogP) is 0.807. The molecule has 0 spiro atoms. The van der Waals surface area contributed by atoms with Crippen LogP contribution in [-0.4, -0.2) is 4.98 Å².